The summed E-state index contributed by atoms with van der Waals surface area (Å²) in [6.45, 7) is 4.76. The largest absolute Gasteiger partial charge is 0.310 e. The summed E-state index contributed by atoms with van der Waals surface area (Å²) in [5.74, 6) is 0. The summed E-state index contributed by atoms with van der Waals surface area (Å²) in [7, 11) is 0. The molecule has 0 saturated heterocycles. The quantitative estimate of drug-likeness (QED) is 0.161. The van der Waals surface area contributed by atoms with Gasteiger partial charge < -0.3 is 4.90 Å². The van der Waals surface area contributed by atoms with E-state index in [4.69, 9.17) is 0 Å². The Morgan fingerprint density at radius 3 is 1.96 bits per heavy atom. The van der Waals surface area contributed by atoms with Crippen molar-refractivity contribution in [3.63, 3.8) is 0 Å². The van der Waals surface area contributed by atoms with Crippen LogP contribution >= 0.6 is 0 Å². The molecule has 0 amide bonds. The SMILES string of the molecule is CC1(C)c2ccccc2-c2ccc(N(c3ccc4ccc5ccccc5c4c3)c3cccc4c3-c3ccccc3C4(C3=CCCC=C3)c3ccccc3)cc21. The first-order valence-electron chi connectivity index (χ1n) is 19.7. The van der Waals surface area contributed by atoms with Crippen LogP contribution in [0.3, 0.4) is 0 Å². The van der Waals surface area contributed by atoms with Crippen molar-refractivity contribution >= 4 is 38.6 Å². The molecule has 0 aliphatic heterocycles. The van der Waals surface area contributed by atoms with Gasteiger partial charge in [-0.3, -0.25) is 0 Å². The molecule has 3 aliphatic carbocycles. The molecule has 0 bridgehead atoms. The summed E-state index contributed by atoms with van der Waals surface area (Å²) in [6, 6.07) is 63.8. The average molecular weight is 704 g/mol. The van der Waals surface area contributed by atoms with Crippen molar-refractivity contribution in [2.45, 2.75) is 37.5 Å². The Bertz CT molecular complexity index is 2910. The monoisotopic (exact) mass is 703 g/mol. The second kappa shape index (κ2) is 12.0. The van der Waals surface area contributed by atoms with Gasteiger partial charge in [0.1, 0.15) is 0 Å². The summed E-state index contributed by atoms with van der Waals surface area (Å²) >= 11 is 0. The van der Waals surface area contributed by atoms with E-state index in [0.717, 1.165) is 18.5 Å². The fourth-order valence-electron chi connectivity index (χ4n) is 10.3. The summed E-state index contributed by atoms with van der Waals surface area (Å²) in [4.78, 5) is 2.54. The molecule has 1 nitrogen and oxygen atoms in total. The molecule has 0 saturated carbocycles. The Morgan fingerprint density at radius 2 is 1.13 bits per heavy atom. The lowest BCUT2D eigenvalue weighted by atomic mass is 9.66. The third-order valence-corrected chi connectivity index (χ3v) is 12.7. The second-order valence-electron chi connectivity index (χ2n) is 15.9. The van der Waals surface area contributed by atoms with Gasteiger partial charge in [-0.25, -0.2) is 0 Å². The van der Waals surface area contributed by atoms with Crippen molar-refractivity contribution in [2.24, 2.45) is 0 Å². The fraction of sp³-hybridized carbons (Fsp3) is 0.111. The van der Waals surface area contributed by atoms with Crippen molar-refractivity contribution in [3.05, 3.63) is 221 Å². The molecule has 1 unspecified atom stereocenters. The Kier molecular flexibility index (Phi) is 7.01. The minimum Gasteiger partial charge on any atom is -0.310 e. The van der Waals surface area contributed by atoms with Gasteiger partial charge in [-0.2, -0.15) is 0 Å². The molecule has 0 aromatic heterocycles. The zero-order valence-electron chi connectivity index (χ0n) is 31.3. The highest BCUT2D eigenvalue weighted by molar-refractivity contribution is 6.09. The summed E-state index contributed by atoms with van der Waals surface area (Å²) in [5, 5.41) is 5.04. The molecule has 8 aromatic rings. The highest BCUT2D eigenvalue weighted by atomic mass is 15.1. The lowest BCUT2D eigenvalue weighted by molar-refractivity contribution is 0.660. The van der Waals surface area contributed by atoms with Crippen molar-refractivity contribution in [3.8, 4) is 22.3 Å². The third-order valence-electron chi connectivity index (χ3n) is 12.7. The van der Waals surface area contributed by atoms with E-state index >= 15 is 0 Å². The second-order valence-corrected chi connectivity index (χ2v) is 15.9. The van der Waals surface area contributed by atoms with E-state index in [0.29, 0.717) is 0 Å². The zero-order valence-corrected chi connectivity index (χ0v) is 31.3. The molecule has 0 heterocycles. The molecule has 1 atom stereocenters. The number of nitrogens with zero attached hydrogens (tertiary/aromatic N) is 1. The van der Waals surface area contributed by atoms with Crippen molar-refractivity contribution < 1.29 is 0 Å². The van der Waals surface area contributed by atoms with Gasteiger partial charge in [0.25, 0.3) is 0 Å². The van der Waals surface area contributed by atoms with Gasteiger partial charge in [0.05, 0.1) is 11.1 Å². The van der Waals surface area contributed by atoms with Crippen LogP contribution in [-0.4, -0.2) is 0 Å². The van der Waals surface area contributed by atoms with Crippen molar-refractivity contribution in [1.29, 1.82) is 0 Å². The van der Waals surface area contributed by atoms with Crippen LogP contribution in [-0.2, 0) is 10.8 Å². The molecule has 1 heteroatoms. The number of hydrogen-bond donors (Lipinski definition) is 0. The summed E-state index contributed by atoms with van der Waals surface area (Å²) in [5.41, 5.74) is 16.3. The summed E-state index contributed by atoms with van der Waals surface area (Å²) < 4.78 is 0. The number of rotatable bonds is 5. The minimum atomic E-state index is -0.438. The third kappa shape index (κ3) is 4.53. The van der Waals surface area contributed by atoms with Gasteiger partial charge in [0, 0.05) is 22.4 Å². The first kappa shape index (κ1) is 32.0. The molecule has 11 rings (SSSR count). The lowest BCUT2D eigenvalue weighted by Crippen LogP contribution is -2.29. The predicted molar refractivity (Wildman–Crippen MR) is 232 cm³/mol. The Balaban J connectivity index is 1.22. The maximum Gasteiger partial charge on any atom is 0.0711 e. The molecule has 8 aromatic carbocycles. The van der Waals surface area contributed by atoms with Gasteiger partial charge >= 0.3 is 0 Å². The first-order valence-corrected chi connectivity index (χ1v) is 19.7. The highest BCUT2D eigenvalue weighted by Gasteiger charge is 2.48. The Morgan fingerprint density at radius 1 is 0.473 bits per heavy atom. The molecule has 0 radical (unpaired) electrons. The normalized spacial score (nSPS) is 17.4. The maximum absolute atomic E-state index is 2.54. The van der Waals surface area contributed by atoms with Crippen LogP contribution in [0.1, 0.15) is 54.5 Å². The van der Waals surface area contributed by atoms with E-state index < -0.39 is 5.41 Å². The standard InChI is InChI=1S/C54H41N/c1-53(2)47-24-13-11-22-43(47)44-33-32-41(35-50(44)53)55(40-31-30-37-29-28-36-16-9-10-21-42(36)46(37)34-40)51-27-15-26-49-52(51)45-23-12-14-25-48(45)54(49,38-17-5-3-6-18-38)39-19-7-4-8-20-39/h3,5-7,9-35H,4,8H2,1-2H3. The van der Waals surface area contributed by atoms with Gasteiger partial charge in [-0.1, -0.05) is 172 Å². The number of fused-ring (bicyclic) bond motifs is 9. The Labute approximate surface area is 323 Å². The van der Waals surface area contributed by atoms with Crippen LogP contribution in [0.25, 0.3) is 43.8 Å². The molecule has 262 valence electrons. The van der Waals surface area contributed by atoms with Crippen LogP contribution in [0.4, 0.5) is 17.1 Å². The molecular weight excluding hydrogens is 663 g/mol. The molecular formula is C54H41N. The molecule has 55 heavy (non-hydrogen) atoms. The van der Waals surface area contributed by atoms with E-state index in [1.54, 1.807) is 0 Å². The number of allylic oxidation sites excluding steroid dienone is 4. The predicted octanol–water partition coefficient (Wildman–Crippen LogP) is 14.4. The Hall–Kier alpha value is -6.44. The fourth-order valence-corrected chi connectivity index (χ4v) is 10.3. The van der Waals surface area contributed by atoms with Crippen molar-refractivity contribution in [1.82, 2.24) is 0 Å². The first-order chi connectivity index (χ1) is 27.0. The molecule has 0 N–H and O–H groups in total. The highest BCUT2D eigenvalue weighted by Crippen LogP contribution is 2.60. The van der Waals surface area contributed by atoms with Gasteiger partial charge in [-0.15, -0.1) is 0 Å². The molecule has 0 spiro atoms. The number of anilines is 3. The van der Waals surface area contributed by atoms with E-state index in [1.165, 1.54) is 88.6 Å². The van der Waals surface area contributed by atoms with Crippen LogP contribution in [0, 0.1) is 0 Å². The van der Waals surface area contributed by atoms with Gasteiger partial charge in [0.15, 0.2) is 0 Å². The van der Waals surface area contributed by atoms with Crippen LogP contribution in [0.2, 0.25) is 0 Å². The van der Waals surface area contributed by atoms with Gasteiger partial charge in [0.2, 0.25) is 0 Å². The van der Waals surface area contributed by atoms with Crippen LogP contribution in [0.5, 0.6) is 0 Å². The minimum absolute atomic E-state index is 0.124. The van der Waals surface area contributed by atoms with E-state index in [1.807, 2.05) is 0 Å². The zero-order chi connectivity index (χ0) is 36.7. The number of hydrogen-bond acceptors (Lipinski definition) is 1. The number of benzene rings is 8. The lowest BCUT2D eigenvalue weighted by Gasteiger charge is -2.36. The maximum atomic E-state index is 2.54. The van der Waals surface area contributed by atoms with E-state index in [9.17, 15) is 0 Å². The van der Waals surface area contributed by atoms with E-state index in [2.05, 4.69) is 207 Å². The molecule has 3 aliphatic rings. The van der Waals surface area contributed by atoms with Crippen LogP contribution < -0.4 is 4.90 Å². The smallest absolute Gasteiger partial charge is 0.0711 e. The van der Waals surface area contributed by atoms with Crippen molar-refractivity contribution in [2.75, 3.05) is 4.90 Å². The average Bonchev–Trinajstić information content (AvgIpc) is 3.68. The molecule has 0 fully saturated rings. The summed E-state index contributed by atoms with van der Waals surface area (Å²) in [6.07, 6.45) is 9.36. The van der Waals surface area contributed by atoms with Gasteiger partial charge in [-0.05, 0) is 115 Å². The van der Waals surface area contributed by atoms with Crippen LogP contribution in [0.15, 0.2) is 194 Å². The van der Waals surface area contributed by atoms with E-state index in [-0.39, 0.29) is 5.41 Å². The topological polar surface area (TPSA) is 3.24 Å².